The summed E-state index contributed by atoms with van der Waals surface area (Å²) in [5.74, 6) is -0.257. The Morgan fingerprint density at radius 1 is 1.29 bits per heavy atom. The number of benzene rings is 1. The van der Waals surface area contributed by atoms with Gasteiger partial charge in [0, 0.05) is 18.8 Å². The van der Waals surface area contributed by atoms with Crippen LogP contribution in [0.2, 0.25) is 0 Å². The van der Waals surface area contributed by atoms with Gasteiger partial charge in [-0.1, -0.05) is 24.6 Å². The Bertz CT molecular complexity index is 605. The number of nitrogens with one attached hydrogen (secondary N) is 1. The van der Waals surface area contributed by atoms with Gasteiger partial charge >= 0.3 is 6.03 Å². The van der Waals surface area contributed by atoms with Crippen molar-refractivity contribution >= 4 is 6.03 Å². The molecule has 2 rings (SSSR count). The molecular weight excluding hydrogens is 267 g/mol. The van der Waals surface area contributed by atoms with Gasteiger partial charge in [-0.25, -0.2) is 9.18 Å². The van der Waals surface area contributed by atoms with Crippen LogP contribution in [0.25, 0.3) is 0 Å². The predicted octanol–water partition coefficient (Wildman–Crippen LogP) is 4.11. The Kier molecular flexibility index (Phi) is 4.78. The number of halogens is 1. The zero-order valence-electron chi connectivity index (χ0n) is 12.7. The molecule has 0 unspecified atom stereocenters. The van der Waals surface area contributed by atoms with E-state index in [1.165, 1.54) is 17.7 Å². The topological polar surface area (TPSA) is 32.3 Å². The number of hydrogen-bond donors (Lipinski definition) is 1. The lowest BCUT2D eigenvalue weighted by Crippen LogP contribution is -2.35. The van der Waals surface area contributed by atoms with Crippen molar-refractivity contribution in [3.05, 3.63) is 58.6 Å². The Hall–Kier alpha value is -2.10. The molecule has 0 radical (unpaired) electrons. The van der Waals surface area contributed by atoms with Gasteiger partial charge in [-0.3, -0.25) is 0 Å². The smallest absolute Gasteiger partial charge is 0.316 e. The van der Waals surface area contributed by atoms with E-state index >= 15 is 0 Å². The minimum atomic E-state index is -0.257. The molecule has 0 saturated carbocycles. The number of allylic oxidation sites excluding steroid dienone is 4. The third kappa shape index (κ3) is 3.94. The van der Waals surface area contributed by atoms with Crippen molar-refractivity contribution in [3.8, 4) is 0 Å². The van der Waals surface area contributed by atoms with E-state index in [1.807, 2.05) is 19.1 Å². The SMILES string of the molecule is CC/C(C)=C/C=C(\C)NC(=O)N1Cc2ccc(F)cc2C1. The van der Waals surface area contributed by atoms with Gasteiger partial charge in [-0.05, 0) is 49.6 Å². The average molecular weight is 288 g/mol. The average Bonchev–Trinajstić information content (AvgIpc) is 2.87. The summed E-state index contributed by atoms with van der Waals surface area (Å²) in [7, 11) is 0. The molecule has 0 bridgehead atoms. The van der Waals surface area contributed by atoms with Crippen molar-refractivity contribution in [2.24, 2.45) is 0 Å². The number of nitrogens with zero attached hydrogens (tertiary/aromatic N) is 1. The second-order valence-corrected chi connectivity index (χ2v) is 5.42. The predicted molar refractivity (Wildman–Crippen MR) is 82.0 cm³/mol. The summed E-state index contributed by atoms with van der Waals surface area (Å²) < 4.78 is 13.2. The lowest BCUT2D eigenvalue weighted by molar-refractivity contribution is 0.201. The maximum atomic E-state index is 13.2. The molecule has 0 fully saturated rings. The molecule has 1 N–H and O–H groups in total. The molecule has 3 nitrogen and oxygen atoms in total. The molecule has 1 aliphatic heterocycles. The summed E-state index contributed by atoms with van der Waals surface area (Å²) in [5, 5.41) is 2.86. The van der Waals surface area contributed by atoms with E-state index in [-0.39, 0.29) is 11.8 Å². The van der Waals surface area contributed by atoms with Gasteiger partial charge in [0.25, 0.3) is 0 Å². The molecule has 4 heteroatoms. The van der Waals surface area contributed by atoms with E-state index in [0.29, 0.717) is 13.1 Å². The largest absolute Gasteiger partial charge is 0.322 e. The Morgan fingerprint density at radius 2 is 2.00 bits per heavy atom. The van der Waals surface area contributed by atoms with Gasteiger partial charge in [0.05, 0.1) is 0 Å². The lowest BCUT2D eigenvalue weighted by atomic mass is 10.1. The van der Waals surface area contributed by atoms with E-state index in [0.717, 1.165) is 23.2 Å². The molecule has 0 aromatic heterocycles. The fraction of sp³-hybridized carbons (Fsp3) is 0.353. The summed E-state index contributed by atoms with van der Waals surface area (Å²) in [6.45, 7) is 6.99. The van der Waals surface area contributed by atoms with Crippen molar-refractivity contribution < 1.29 is 9.18 Å². The quantitative estimate of drug-likeness (QED) is 0.834. The van der Waals surface area contributed by atoms with Gasteiger partial charge in [0.2, 0.25) is 0 Å². The van der Waals surface area contributed by atoms with Crippen LogP contribution >= 0.6 is 0 Å². The first-order chi connectivity index (χ1) is 9.99. The number of urea groups is 1. The van der Waals surface area contributed by atoms with Crippen molar-refractivity contribution in [1.29, 1.82) is 0 Å². The summed E-state index contributed by atoms with van der Waals surface area (Å²) in [5.41, 5.74) is 3.95. The molecule has 2 amide bonds. The summed E-state index contributed by atoms with van der Waals surface area (Å²) in [6, 6.07) is 4.53. The third-order valence-corrected chi connectivity index (χ3v) is 3.66. The minimum absolute atomic E-state index is 0.150. The summed E-state index contributed by atoms with van der Waals surface area (Å²) in [6.07, 6.45) is 4.90. The fourth-order valence-electron chi connectivity index (χ4n) is 2.18. The Balaban J connectivity index is 1.97. The molecule has 1 heterocycles. The molecule has 1 aromatic rings. The first-order valence-electron chi connectivity index (χ1n) is 7.17. The second-order valence-electron chi connectivity index (χ2n) is 5.42. The zero-order chi connectivity index (χ0) is 15.4. The molecular formula is C17H21FN2O. The van der Waals surface area contributed by atoms with Gasteiger partial charge in [0.1, 0.15) is 5.82 Å². The minimum Gasteiger partial charge on any atom is -0.316 e. The number of carbonyl (C=O) groups excluding carboxylic acids is 1. The van der Waals surface area contributed by atoms with Crippen LogP contribution in [0.3, 0.4) is 0 Å². The highest BCUT2D eigenvalue weighted by atomic mass is 19.1. The number of carbonyl (C=O) groups is 1. The van der Waals surface area contributed by atoms with Crippen LogP contribution in [0, 0.1) is 5.82 Å². The zero-order valence-corrected chi connectivity index (χ0v) is 12.7. The molecule has 1 aromatic carbocycles. The highest BCUT2D eigenvalue weighted by Gasteiger charge is 2.23. The van der Waals surface area contributed by atoms with Crippen LogP contribution in [0.5, 0.6) is 0 Å². The van der Waals surface area contributed by atoms with Crippen LogP contribution in [0.15, 0.2) is 41.6 Å². The molecule has 0 atom stereocenters. The Morgan fingerprint density at radius 3 is 2.71 bits per heavy atom. The number of hydrogen-bond acceptors (Lipinski definition) is 1. The van der Waals surface area contributed by atoms with Gasteiger partial charge in [-0.15, -0.1) is 0 Å². The normalized spacial score (nSPS) is 15.1. The van der Waals surface area contributed by atoms with E-state index in [2.05, 4.69) is 19.2 Å². The monoisotopic (exact) mass is 288 g/mol. The van der Waals surface area contributed by atoms with E-state index < -0.39 is 0 Å². The number of fused-ring (bicyclic) bond motifs is 1. The van der Waals surface area contributed by atoms with Crippen molar-refractivity contribution in [2.45, 2.75) is 40.3 Å². The van der Waals surface area contributed by atoms with E-state index in [9.17, 15) is 9.18 Å². The third-order valence-electron chi connectivity index (χ3n) is 3.66. The van der Waals surface area contributed by atoms with Gasteiger partial charge in [-0.2, -0.15) is 0 Å². The maximum absolute atomic E-state index is 13.2. The van der Waals surface area contributed by atoms with Gasteiger partial charge in [0.15, 0.2) is 0 Å². The van der Waals surface area contributed by atoms with E-state index in [4.69, 9.17) is 0 Å². The first-order valence-corrected chi connectivity index (χ1v) is 7.17. The molecule has 0 spiro atoms. The standard InChI is InChI=1S/C17H21FN2O/c1-4-12(2)5-6-13(3)19-17(21)20-10-14-7-8-16(18)9-15(14)11-20/h5-9H,4,10-11H2,1-3H3,(H,19,21)/b12-5+,13-6+. The fourth-order valence-corrected chi connectivity index (χ4v) is 2.18. The molecule has 21 heavy (non-hydrogen) atoms. The number of rotatable bonds is 3. The van der Waals surface area contributed by atoms with Crippen LogP contribution in [-0.2, 0) is 13.1 Å². The van der Waals surface area contributed by atoms with Crippen molar-refractivity contribution in [1.82, 2.24) is 10.2 Å². The van der Waals surface area contributed by atoms with Crippen molar-refractivity contribution in [3.63, 3.8) is 0 Å². The van der Waals surface area contributed by atoms with Gasteiger partial charge < -0.3 is 10.2 Å². The van der Waals surface area contributed by atoms with Crippen LogP contribution in [-0.4, -0.2) is 10.9 Å². The van der Waals surface area contributed by atoms with Crippen LogP contribution < -0.4 is 5.32 Å². The Labute approximate surface area is 125 Å². The second kappa shape index (κ2) is 6.57. The summed E-state index contributed by atoms with van der Waals surface area (Å²) >= 11 is 0. The first kappa shape index (κ1) is 15.3. The molecule has 1 aliphatic rings. The van der Waals surface area contributed by atoms with Crippen molar-refractivity contribution in [2.75, 3.05) is 0 Å². The van der Waals surface area contributed by atoms with Crippen LogP contribution in [0.4, 0.5) is 9.18 Å². The van der Waals surface area contributed by atoms with E-state index in [1.54, 1.807) is 11.0 Å². The number of amides is 2. The highest BCUT2D eigenvalue weighted by molar-refractivity contribution is 5.76. The molecule has 112 valence electrons. The lowest BCUT2D eigenvalue weighted by Gasteiger charge is -2.16. The maximum Gasteiger partial charge on any atom is 0.322 e. The molecule has 0 aliphatic carbocycles. The van der Waals surface area contributed by atoms with Crippen LogP contribution in [0.1, 0.15) is 38.3 Å². The highest BCUT2D eigenvalue weighted by Crippen LogP contribution is 2.23. The molecule has 0 saturated heterocycles. The summed E-state index contributed by atoms with van der Waals surface area (Å²) in [4.78, 5) is 13.9.